The summed E-state index contributed by atoms with van der Waals surface area (Å²) in [5.41, 5.74) is -0.417. The van der Waals surface area contributed by atoms with E-state index in [1.54, 1.807) is 0 Å². The van der Waals surface area contributed by atoms with Crippen molar-refractivity contribution in [2.24, 2.45) is 0 Å². The molecular formula is C8H7F2NO. The summed E-state index contributed by atoms with van der Waals surface area (Å²) in [5, 5.41) is 9.07. The molecule has 12 heavy (non-hydrogen) atoms. The van der Waals surface area contributed by atoms with E-state index in [4.69, 9.17) is 5.11 Å². The van der Waals surface area contributed by atoms with Crippen molar-refractivity contribution >= 4 is 0 Å². The lowest BCUT2D eigenvalue weighted by Crippen LogP contribution is -2.01. The van der Waals surface area contributed by atoms with Crippen molar-refractivity contribution in [3.8, 4) is 0 Å². The Bertz CT molecular complexity index is 281. The van der Waals surface area contributed by atoms with E-state index in [9.17, 15) is 8.78 Å². The predicted molar refractivity (Wildman–Crippen MR) is 39.3 cm³/mol. The smallest absolute Gasteiger partial charge is 0.150 e. The van der Waals surface area contributed by atoms with Gasteiger partial charge in [-0.1, -0.05) is 6.08 Å². The molecule has 0 aromatic carbocycles. The molecule has 4 heteroatoms. The molecule has 64 valence electrons. The quantitative estimate of drug-likeness (QED) is 0.685. The molecule has 0 aliphatic heterocycles. The second-order valence-electron chi connectivity index (χ2n) is 2.20. The summed E-state index contributed by atoms with van der Waals surface area (Å²) in [6, 6.07) is 0. The lowest BCUT2D eigenvalue weighted by atomic mass is 10.1. The number of aliphatic hydroxyl groups is 1. The second kappa shape index (κ2) is 3.40. The first kappa shape index (κ1) is 8.80. The van der Waals surface area contributed by atoms with Crippen LogP contribution < -0.4 is 0 Å². The van der Waals surface area contributed by atoms with Crippen molar-refractivity contribution in [1.29, 1.82) is 0 Å². The fraction of sp³-hybridized carbons (Fsp3) is 0.125. The first-order chi connectivity index (χ1) is 5.66. The molecule has 1 atom stereocenters. The van der Waals surface area contributed by atoms with E-state index < -0.39 is 23.3 Å². The Morgan fingerprint density at radius 2 is 1.92 bits per heavy atom. The molecule has 1 aromatic rings. The zero-order chi connectivity index (χ0) is 9.14. The normalized spacial score (nSPS) is 12.6. The fourth-order valence-electron chi connectivity index (χ4n) is 0.822. The van der Waals surface area contributed by atoms with Crippen molar-refractivity contribution in [2.75, 3.05) is 0 Å². The van der Waals surface area contributed by atoms with Crippen molar-refractivity contribution in [3.05, 3.63) is 42.2 Å². The van der Waals surface area contributed by atoms with E-state index >= 15 is 0 Å². The Balaban J connectivity index is 3.20. The highest BCUT2D eigenvalue weighted by molar-refractivity contribution is 5.20. The lowest BCUT2D eigenvalue weighted by Gasteiger charge is -2.06. The highest BCUT2D eigenvalue weighted by Crippen LogP contribution is 2.19. The van der Waals surface area contributed by atoms with Crippen LogP contribution in [0.25, 0.3) is 0 Å². The van der Waals surface area contributed by atoms with Gasteiger partial charge in [0.2, 0.25) is 0 Å². The maximum Gasteiger partial charge on any atom is 0.150 e. The molecule has 2 nitrogen and oxygen atoms in total. The van der Waals surface area contributed by atoms with Crippen LogP contribution in [0.5, 0.6) is 0 Å². The first-order valence-corrected chi connectivity index (χ1v) is 3.26. The van der Waals surface area contributed by atoms with Crippen LogP contribution in [0.4, 0.5) is 8.78 Å². The number of rotatable bonds is 2. The number of nitrogens with zero attached hydrogens (tertiary/aromatic N) is 1. The molecule has 0 bridgehead atoms. The van der Waals surface area contributed by atoms with Crippen LogP contribution in [-0.2, 0) is 0 Å². The Hall–Kier alpha value is -1.29. The average molecular weight is 171 g/mol. The topological polar surface area (TPSA) is 33.1 Å². The van der Waals surface area contributed by atoms with Crippen LogP contribution in [0.1, 0.15) is 11.7 Å². The Morgan fingerprint density at radius 3 is 2.33 bits per heavy atom. The van der Waals surface area contributed by atoms with Gasteiger partial charge in [-0.05, 0) is 0 Å². The van der Waals surface area contributed by atoms with E-state index in [0.29, 0.717) is 0 Å². The molecular weight excluding hydrogens is 164 g/mol. The van der Waals surface area contributed by atoms with Crippen LogP contribution >= 0.6 is 0 Å². The Kier molecular flexibility index (Phi) is 2.50. The molecule has 0 fully saturated rings. The number of halogens is 2. The van der Waals surface area contributed by atoms with Crippen molar-refractivity contribution in [2.45, 2.75) is 6.10 Å². The Labute approximate surface area is 68.2 Å². The minimum Gasteiger partial charge on any atom is -0.384 e. The van der Waals surface area contributed by atoms with Crippen LogP contribution in [0.15, 0.2) is 25.0 Å². The summed E-state index contributed by atoms with van der Waals surface area (Å²) in [6.07, 6.45) is 1.39. The monoisotopic (exact) mass is 171 g/mol. The minimum atomic E-state index is -1.33. The number of hydrogen-bond donors (Lipinski definition) is 1. The van der Waals surface area contributed by atoms with Gasteiger partial charge < -0.3 is 5.11 Å². The molecule has 0 aliphatic carbocycles. The largest absolute Gasteiger partial charge is 0.384 e. The van der Waals surface area contributed by atoms with Gasteiger partial charge in [-0.3, -0.25) is 4.98 Å². The maximum atomic E-state index is 12.8. The second-order valence-corrected chi connectivity index (χ2v) is 2.20. The van der Waals surface area contributed by atoms with Gasteiger partial charge in [0.15, 0.2) is 11.6 Å². The molecule has 1 N–H and O–H groups in total. The summed E-state index contributed by atoms with van der Waals surface area (Å²) >= 11 is 0. The van der Waals surface area contributed by atoms with E-state index in [1.807, 2.05) is 0 Å². The molecule has 0 radical (unpaired) electrons. The molecule has 0 aliphatic rings. The zero-order valence-corrected chi connectivity index (χ0v) is 6.17. The summed E-state index contributed by atoms with van der Waals surface area (Å²) < 4.78 is 25.6. The fourth-order valence-corrected chi connectivity index (χ4v) is 0.822. The average Bonchev–Trinajstić information content (AvgIpc) is 2.03. The van der Waals surface area contributed by atoms with E-state index in [-0.39, 0.29) is 0 Å². The molecule has 0 saturated heterocycles. The molecule has 0 saturated carbocycles. The summed E-state index contributed by atoms with van der Waals surface area (Å²) in [6.45, 7) is 3.22. The molecule has 1 aromatic heterocycles. The highest BCUT2D eigenvalue weighted by Gasteiger charge is 2.14. The third-order valence-corrected chi connectivity index (χ3v) is 1.41. The van der Waals surface area contributed by atoms with Crippen molar-refractivity contribution in [3.63, 3.8) is 0 Å². The molecule has 1 unspecified atom stereocenters. The molecule has 0 amide bonds. The number of aliphatic hydroxyl groups excluding tert-OH is 1. The number of aromatic nitrogens is 1. The molecule has 1 rings (SSSR count). The maximum absolute atomic E-state index is 12.8. The first-order valence-electron chi connectivity index (χ1n) is 3.26. The highest BCUT2D eigenvalue weighted by atomic mass is 19.1. The number of pyridine rings is 1. The zero-order valence-electron chi connectivity index (χ0n) is 6.17. The molecule has 1 heterocycles. The van der Waals surface area contributed by atoms with E-state index in [2.05, 4.69) is 11.6 Å². The third kappa shape index (κ3) is 1.48. The van der Waals surface area contributed by atoms with Crippen LogP contribution in [-0.4, -0.2) is 10.1 Å². The minimum absolute atomic E-state index is 0.417. The van der Waals surface area contributed by atoms with Gasteiger partial charge in [-0.15, -0.1) is 6.58 Å². The van der Waals surface area contributed by atoms with Gasteiger partial charge in [-0.25, -0.2) is 8.78 Å². The van der Waals surface area contributed by atoms with Gasteiger partial charge in [0.25, 0.3) is 0 Å². The van der Waals surface area contributed by atoms with Crippen molar-refractivity contribution < 1.29 is 13.9 Å². The van der Waals surface area contributed by atoms with E-state index in [0.717, 1.165) is 18.5 Å². The van der Waals surface area contributed by atoms with Crippen LogP contribution in [0, 0.1) is 11.6 Å². The van der Waals surface area contributed by atoms with Gasteiger partial charge >= 0.3 is 0 Å². The van der Waals surface area contributed by atoms with Gasteiger partial charge in [0, 0.05) is 0 Å². The lowest BCUT2D eigenvalue weighted by molar-refractivity contribution is 0.217. The SMILES string of the molecule is C=CC(O)c1c(F)cncc1F. The number of hydrogen-bond acceptors (Lipinski definition) is 2. The van der Waals surface area contributed by atoms with Crippen molar-refractivity contribution in [1.82, 2.24) is 4.98 Å². The predicted octanol–water partition coefficient (Wildman–Crippen LogP) is 1.58. The summed E-state index contributed by atoms with van der Waals surface area (Å²) in [7, 11) is 0. The summed E-state index contributed by atoms with van der Waals surface area (Å²) in [4.78, 5) is 3.27. The van der Waals surface area contributed by atoms with Gasteiger partial charge in [0.1, 0.15) is 6.10 Å². The third-order valence-electron chi connectivity index (χ3n) is 1.41. The van der Waals surface area contributed by atoms with Crippen LogP contribution in [0.2, 0.25) is 0 Å². The standard InChI is InChI=1S/C8H7F2NO/c1-2-7(12)8-5(9)3-11-4-6(8)10/h2-4,7,12H,1H2. The van der Waals surface area contributed by atoms with E-state index in [1.165, 1.54) is 0 Å². The summed E-state index contributed by atoms with van der Waals surface area (Å²) in [5.74, 6) is -1.75. The molecule has 0 spiro atoms. The van der Waals surface area contributed by atoms with Gasteiger partial charge in [-0.2, -0.15) is 0 Å². The Morgan fingerprint density at radius 1 is 1.42 bits per heavy atom. The van der Waals surface area contributed by atoms with Gasteiger partial charge in [0.05, 0.1) is 18.0 Å². The van der Waals surface area contributed by atoms with Crippen LogP contribution in [0.3, 0.4) is 0 Å².